The molecule has 1 aromatic carbocycles. The molecule has 0 saturated heterocycles. The third-order valence-electron chi connectivity index (χ3n) is 1.47. The third-order valence-corrected chi connectivity index (χ3v) is 1.47. The van der Waals surface area contributed by atoms with Crippen molar-refractivity contribution in [1.82, 2.24) is 0 Å². The van der Waals surface area contributed by atoms with Gasteiger partial charge in [0.25, 0.3) is 0 Å². The van der Waals surface area contributed by atoms with Crippen molar-refractivity contribution in [2.45, 2.75) is 13.8 Å². The molecular formula is C9H11OY-. The van der Waals surface area contributed by atoms with Gasteiger partial charge in [0, 0.05) is 38.5 Å². The summed E-state index contributed by atoms with van der Waals surface area (Å²) in [6.07, 6.45) is 0. The minimum absolute atomic E-state index is 0. The molecule has 1 rings (SSSR count). The van der Waals surface area contributed by atoms with E-state index >= 15 is 0 Å². The molecule has 1 radical (unpaired) electrons. The van der Waals surface area contributed by atoms with Gasteiger partial charge in [-0.2, -0.15) is 17.7 Å². The average molecular weight is 224 g/mol. The molecule has 1 nitrogen and oxygen atoms in total. The zero-order valence-electron chi connectivity index (χ0n) is 7.14. The molecule has 0 atom stereocenters. The molecule has 0 N–H and O–H groups in total. The van der Waals surface area contributed by atoms with E-state index in [1.807, 2.05) is 19.9 Å². The van der Waals surface area contributed by atoms with Gasteiger partial charge in [-0.05, 0) is 0 Å². The van der Waals surface area contributed by atoms with Crippen LogP contribution in [0.2, 0.25) is 0 Å². The molecule has 0 aromatic heterocycles. The maximum atomic E-state index is 5.07. The van der Waals surface area contributed by atoms with Crippen LogP contribution in [0.1, 0.15) is 11.1 Å². The van der Waals surface area contributed by atoms with E-state index in [9.17, 15) is 0 Å². The van der Waals surface area contributed by atoms with E-state index in [1.165, 1.54) is 5.56 Å². The van der Waals surface area contributed by atoms with E-state index in [4.69, 9.17) is 4.74 Å². The summed E-state index contributed by atoms with van der Waals surface area (Å²) in [5.41, 5.74) is 2.32. The summed E-state index contributed by atoms with van der Waals surface area (Å²) in [6.45, 7) is 4.05. The molecule has 57 valence electrons. The number of hydrogen-bond acceptors (Lipinski definition) is 1. The Morgan fingerprint density at radius 3 is 2.45 bits per heavy atom. The summed E-state index contributed by atoms with van der Waals surface area (Å²) in [6, 6.07) is 6.99. The van der Waals surface area contributed by atoms with E-state index in [2.05, 4.69) is 12.1 Å². The van der Waals surface area contributed by atoms with Crippen LogP contribution in [0.25, 0.3) is 0 Å². The number of hydrogen-bond donors (Lipinski definition) is 0. The minimum Gasteiger partial charge on any atom is -0.554 e. The largest absolute Gasteiger partial charge is 0.554 e. The van der Waals surface area contributed by atoms with E-state index in [0.717, 1.165) is 11.3 Å². The maximum Gasteiger partial charge on any atom is 0.0607 e. The summed E-state index contributed by atoms with van der Waals surface area (Å²) in [7, 11) is 1.67. The SMILES string of the molecule is COc1c[c-]c(C)cc1C.[Y]. The molecule has 0 bridgehead atoms. The molecule has 2 heteroatoms. The zero-order chi connectivity index (χ0) is 7.56. The summed E-state index contributed by atoms with van der Waals surface area (Å²) >= 11 is 0. The molecule has 0 fully saturated rings. The third kappa shape index (κ3) is 2.92. The fourth-order valence-corrected chi connectivity index (χ4v) is 0.951. The predicted molar refractivity (Wildman–Crippen MR) is 41.3 cm³/mol. The molecule has 0 aliphatic rings. The van der Waals surface area contributed by atoms with Gasteiger partial charge in [-0.1, -0.05) is 13.8 Å². The van der Waals surface area contributed by atoms with Gasteiger partial charge in [0.15, 0.2) is 0 Å². The van der Waals surface area contributed by atoms with Gasteiger partial charge < -0.3 is 4.74 Å². The van der Waals surface area contributed by atoms with Gasteiger partial charge in [-0.3, -0.25) is 0 Å². The monoisotopic (exact) mass is 224 g/mol. The normalized spacial score (nSPS) is 8.64. The van der Waals surface area contributed by atoms with Crippen LogP contribution in [-0.2, 0) is 32.7 Å². The van der Waals surface area contributed by atoms with Crippen molar-refractivity contribution in [2.24, 2.45) is 0 Å². The Morgan fingerprint density at radius 2 is 2.00 bits per heavy atom. The van der Waals surface area contributed by atoms with Crippen LogP contribution in [0, 0.1) is 19.9 Å². The first-order chi connectivity index (χ1) is 4.74. The molecular weight excluding hydrogens is 213 g/mol. The molecule has 0 amide bonds. The fraction of sp³-hybridized carbons (Fsp3) is 0.333. The van der Waals surface area contributed by atoms with Gasteiger partial charge in [-0.15, -0.1) is 11.6 Å². The van der Waals surface area contributed by atoms with Crippen molar-refractivity contribution >= 4 is 0 Å². The molecule has 0 aliphatic carbocycles. The number of methoxy groups -OCH3 is 1. The van der Waals surface area contributed by atoms with Crippen LogP contribution in [0.5, 0.6) is 5.75 Å². The Balaban J connectivity index is 0.000001000. The Morgan fingerprint density at radius 1 is 1.36 bits per heavy atom. The molecule has 0 unspecified atom stereocenters. The van der Waals surface area contributed by atoms with Crippen LogP contribution < -0.4 is 4.74 Å². The number of benzene rings is 1. The molecule has 11 heavy (non-hydrogen) atoms. The number of ether oxygens (including phenoxy) is 1. The average Bonchev–Trinajstić information content (AvgIpc) is 1.88. The van der Waals surface area contributed by atoms with E-state index in [1.54, 1.807) is 7.11 Å². The van der Waals surface area contributed by atoms with Crippen molar-refractivity contribution in [3.63, 3.8) is 0 Å². The fourth-order valence-electron chi connectivity index (χ4n) is 0.951. The quantitative estimate of drug-likeness (QED) is 0.664. The van der Waals surface area contributed by atoms with Gasteiger partial charge >= 0.3 is 0 Å². The van der Waals surface area contributed by atoms with E-state index < -0.39 is 0 Å². The van der Waals surface area contributed by atoms with Crippen LogP contribution >= 0.6 is 0 Å². The number of aryl methyl sites for hydroxylation is 2. The Hall–Kier alpha value is 0.124. The second kappa shape index (κ2) is 4.89. The molecule has 0 saturated carbocycles. The maximum absolute atomic E-state index is 5.07. The summed E-state index contributed by atoms with van der Waals surface area (Å²) in [4.78, 5) is 0. The van der Waals surface area contributed by atoms with Crippen LogP contribution in [0.15, 0.2) is 12.1 Å². The zero-order valence-corrected chi connectivity index (χ0v) is 9.98. The van der Waals surface area contributed by atoms with Crippen LogP contribution in [-0.4, -0.2) is 7.11 Å². The molecule has 0 heterocycles. The molecule has 0 aliphatic heterocycles. The van der Waals surface area contributed by atoms with E-state index in [0.29, 0.717) is 0 Å². The first-order valence-electron chi connectivity index (χ1n) is 3.27. The van der Waals surface area contributed by atoms with Gasteiger partial charge in [0.1, 0.15) is 0 Å². The second-order valence-corrected chi connectivity index (χ2v) is 2.37. The Kier molecular flexibility index (Phi) is 4.95. The Labute approximate surface area is 93.0 Å². The van der Waals surface area contributed by atoms with Gasteiger partial charge in [0.2, 0.25) is 0 Å². The standard InChI is InChI=1S/C9H11O.Y/c1-7-4-5-9(10-3)8(2)6-7;/h5-6H,1-3H3;/q-1;. The molecule has 1 aromatic rings. The van der Waals surface area contributed by atoms with Crippen molar-refractivity contribution in [2.75, 3.05) is 7.11 Å². The van der Waals surface area contributed by atoms with Crippen molar-refractivity contribution in [3.05, 3.63) is 29.3 Å². The van der Waals surface area contributed by atoms with Crippen molar-refractivity contribution in [3.8, 4) is 5.75 Å². The van der Waals surface area contributed by atoms with E-state index in [-0.39, 0.29) is 32.7 Å². The first kappa shape index (κ1) is 11.1. The predicted octanol–water partition coefficient (Wildman–Crippen LogP) is 2.11. The van der Waals surface area contributed by atoms with Crippen molar-refractivity contribution < 1.29 is 37.4 Å². The Bertz CT molecular complexity index is 233. The van der Waals surface area contributed by atoms with Gasteiger partial charge in [-0.25, -0.2) is 0 Å². The number of rotatable bonds is 1. The second-order valence-electron chi connectivity index (χ2n) is 2.37. The first-order valence-corrected chi connectivity index (χ1v) is 3.27. The van der Waals surface area contributed by atoms with Crippen molar-refractivity contribution in [1.29, 1.82) is 0 Å². The summed E-state index contributed by atoms with van der Waals surface area (Å²) in [5, 5.41) is 0. The van der Waals surface area contributed by atoms with Crippen LogP contribution in [0.3, 0.4) is 0 Å². The smallest absolute Gasteiger partial charge is 0.0607 e. The topological polar surface area (TPSA) is 9.23 Å². The summed E-state index contributed by atoms with van der Waals surface area (Å²) in [5.74, 6) is 0.908. The van der Waals surface area contributed by atoms with Crippen LogP contribution in [0.4, 0.5) is 0 Å². The summed E-state index contributed by atoms with van der Waals surface area (Å²) < 4.78 is 5.07. The minimum atomic E-state index is 0. The molecule has 0 spiro atoms. The van der Waals surface area contributed by atoms with Gasteiger partial charge in [0.05, 0.1) is 7.11 Å².